The van der Waals surface area contributed by atoms with E-state index in [1.165, 1.54) is 12.8 Å². The third-order valence-electron chi connectivity index (χ3n) is 3.42. The van der Waals surface area contributed by atoms with Crippen molar-refractivity contribution in [1.82, 2.24) is 10.2 Å². The molecule has 3 atom stereocenters. The second kappa shape index (κ2) is 3.93. The largest absolute Gasteiger partial charge is 0.312 e. The molecule has 1 N–H and O–H groups in total. The third-order valence-corrected chi connectivity index (χ3v) is 3.42. The molecule has 13 heavy (non-hydrogen) atoms. The molecule has 0 spiro atoms. The van der Waals surface area contributed by atoms with Gasteiger partial charge in [-0.2, -0.15) is 0 Å². The van der Waals surface area contributed by atoms with E-state index >= 15 is 0 Å². The van der Waals surface area contributed by atoms with E-state index in [2.05, 4.69) is 17.1 Å². The standard InChI is InChI=1S/C10H19FN2/c1-8(10-3-2-5-12-10)13-6-4-9(11)7-13/h8-10,12H,2-7H2,1H3. The fourth-order valence-corrected chi connectivity index (χ4v) is 2.49. The molecule has 0 aromatic rings. The van der Waals surface area contributed by atoms with Gasteiger partial charge in [0.25, 0.3) is 0 Å². The summed E-state index contributed by atoms with van der Waals surface area (Å²) in [7, 11) is 0. The highest BCUT2D eigenvalue weighted by atomic mass is 19.1. The first-order valence-corrected chi connectivity index (χ1v) is 5.39. The molecule has 0 bridgehead atoms. The normalized spacial score (nSPS) is 38.3. The van der Waals surface area contributed by atoms with Crippen molar-refractivity contribution in [2.24, 2.45) is 0 Å². The highest BCUT2D eigenvalue weighted by Gasteiger charge is 2.31. The van der Waals surface area contributed by atoms with Crippen LogP contribution in [-0.4, -0.2) is 42.8 Å². The summed E-state index contributed by atoms with van der Waals surface area (Å²) in [6.45, 7) is 4.96. The van der Waals surface area contributed by atoms with Crippen molar-refractivity contribution < 1.29 is 4.39 Å². The molecular formula is C10H19FN2. The van der Waals surface area contributed by atoms with Crippen LogP contribution in [0.2, 0.25) is 0 Å². The van der Waals surface area contributed by atoms with Gasteiger partial charge in [0.05, 0.1) is 0 Å². The topological polar surface area (TPSA) is 15.3 Å². The Bertz CT molecular complexity index is 168. The van der Waals surface area contributed by atoms with Gasteiger partial charge in [0.1, 0.15) is 6.17 Å². The molecule has 0 aromatic heterocycles. The molecule has 2 fully saturated rings. The fourth-order valence-electron chi connectivity index (χ4n) is 2.49. The van der Waals surface area contributed by atoms with Crippen LogP contribution in [0.15, 0.2) is 0 Å². The Morgan fingerprint density at radius 3 is 2.85 bits per heavy atom. The van der Waals surface area contributed by atoms with Crippen molar-refractivity contribution in [2.45, 2.75) is 44.4 Å². The molecule has 0 aromatic carbocycles. The van der Waals surface area contributed by atoms with Crippen LogP contribution < -0.4 is 5.32 Å². The van der Waals surface area contributed by atoms with Gasteiger partial charge in [-0.05, 0) is 32.7 Å². The average Bonchev–Trinajstić information content (AvgIpc) is 2.72. The minimum Gasteiger partial charge on any atom is -0.312 e. The zero-order chi connectivity index (χ0) is 9.26. The molecule has 76 valence electrons. The summed E-state index contributed by atoms with van der Waals surface area (Å²) in [6.07, 6.45) is 2.69. The summed E-state index contributed by atoms with van der Waals surface area (Å²) in [5.41, 5.74) is 0. The molecule has 0 radical (unpaired) electrons. The van der Waals surface area contributed by atoms with Gasteiger partial charge in [-0.1, -0.05) is 0 Å². The molecule has 0 saturated carbocycles. The van der Waals surface area contributed by atoms with Gasteiger partial charge in [0, 0.05) is 25.2 Å². The van der Waals surface area contributed by atoms with Gasteiger partial charge in [0.15, 0.2) is 0 Å². The number of halogens is 1. The molecule has 2 aliphatic heterocycles. The van der Waals surface area contributed by atoms with Crippen LogP contribution in [0.25, 0.3) is 0 Å². The summed E-state index contributed by atoms with van der Waals surface area (Å²) in [4.78, 5) is 2.29. The lowest BCUT2D eigenvalue weighted by Gasteiger charge is -2.29. The predicted molar refractivity (Wildman–Crippen MR) is 51.6 cm³/mol. The number of nitrogens with zero attached hydrogens (tertiary/aromatic N) is 1. The summed E-state index contributed by atoms with van der Waals surface area (Å²) < 4.78 is 13.0. The Labute approximate surface area is 79.5 Å². The predicted octanol–water partition coefficient (Wildman–Crippen LogP) is 1.17. The van der Waals surface area contributed by atoms with Crippen LogP contribution in [0.1, 0.15) is 26.2 Å². The smallest absolute Gasteiger partial charge is 0.114 e. The van der Waals surface area contributed by atoms with Crippen molar-refractivity contribution in [3.05, 3.63) is 0 Å². The van der Waals surface area contributed by atoms with Crippen molar-refractivity contribution in [3.8, 4) is 0 Å². The number of hydrogen-bond acceptors (Lipinski definition) is 2. The summed E-state index contributed by atoms with van der Waals surface area (Å²) >= 11 is 0. The van der Waals surface area contributed by atoms with E-state index in [4.69, 9.17) is 0 Å². The molecular weight excluding hydrogens is 167 g/mol. The van der Waals surface area contributed by atoms with E-state index in [-0.39, 0.29) is 0 Å². The van der Waals surface area contributed by atoms with Crippen LogP contribution in [0.4, 0.5) is 4.39 Å². The van der Waals surface area contributed by atoms with Crippen LogP contribution in [0, 0.1) is 0 Å². The quantitative estimate of drug-likeness (QED) is 0.696. The highest BCUT2D eigenvalue weighted by molar-refractivity contribution is 4.89. The van der Waals surface area contributed by atoms with Crippen LogP contribution in [0.5, 0.6) is 0 Å². The van der Waals surface area contributed by atoms with E-state index in [1.807, 2.05) is 0 Å². The Morgan fingerprint density at radius 2 is 2.31 bits per heavy atom. The minimum atomic E-state index is -0.580. The van der Waals surface area contributed by atoms with Crippen molar-refractivity contribution >= 4 is 0 Å². The molecule has 2 heterocycles. The van der Waals surface area contributed by atoms with E-state index in [0.717, 1.165) is 19.5 Å². The number of hydrogen-bond donors (Lipinski definition) is 1. The summed E-state index contributed by atoms with van der Waals surface area (Å²) in [5, 5.41) is 3.48. The van der Waals surface area contributed by atoms with Gasteiger partial charge < -0.3 is 5.32 Å². The fraction of sp³-hybridized carbons (Fsp3) is 1.00. The maximum Gasteiger partial charge on any atom is 0.114 e. The molecule has 2 aliphatic rings. The van der Waals surface area contributed by atoms with Crippen LogP contribution in [-0.2, 0) is 0 Å². The Kier molecular flexibility index (Phi) is 2.84. The highest BCUT2D eigenvalue weighted by Crippen LogP contribution is 2.20. The second-order valence-electron chi connectivity index (χ2n) is 4.32. The maximum atomic E-state index is 13.0. The van der Waals surface area contributed by atoms with Gasteiger partial charge in [-0.15, -0.1) is 0 Å². The molecule has 0 aliphatic carbocycles. The van der Waals surface area contributed by atoms with Crippen molar-refractivity contribution in [3.63, 3.8) is 0 Å². The summed E-state index contributed by atoms with van der Waals surface area (Å²) in [5.74, 6) is 0. The maximum absolute atomic E-state index is 13.0. The van der Waals surface area contributed by atoms with Crippen LogP contribution >= 0.6 is 0 Å². The minimum absolute atomic E-state index is 0.517. The lowest BCUT2D eigenvalue weighted by Crippen LogP contribution is -2.44. The van der Waals surface area contributed by atoms with Gasteiger partial charge in [0.2, 0.25) is 0 Å². The molecule has 3 unspecified atom stereocenters. The molecule has 2 rings (SSSR count). The van der Waals surface area contributed by atoms with E-state index < -0.39 is 6.17 Å². The molecule has 3 heteroatoms. The summed E-state index contributed by atoms with van der Waals surface area (Å²) in [6, 6.07) is 1.12. The number of rotatable bonds is 2. The number of nitrogens with one attached hydrogen (secondary N) is 1. The number of likely N-dealkylation sites (tertiary alicyclic amines) is 1. The molecule has 2 saturated heterocycles. The van der Waals surface area contributed by atoms with Gasteiger partial charge in [-0.25, -0.2) is 4.39 Å². The lowest BCUT2D eigenvalue weighted by atomic mass is 10.1. The third kappa shape index (κ3) is 2.02. The monoisotopic (exact) mass is 186 g/mol. The Morgan fingerprint density at radius 1 is 1.46 bits per heavy atom. The van der Waals surface area contributed by atoms with E-state index in [9.17, 15) is 4.39 Å². The first-order chi connectivity index (χ1) is 6.27. The first kappa shape index (κ1) is 9.41. The van der Waals surface area contributed by atoms with Crippen molar-refractivity contribution in [2.75, 3.05) is 19.6 Å². The Balaban J connectivity index is 1.85. The average molecular weight is 186 g/mol. The van der Waals surface area contributed by atoms with Gasteiger partial charge in [-0.3, -0.25) is 4.90 Å². The zero-order valence-electron chi connectivity index (χ0n) is 8.30. The van der Waals surface area contributed by atoms with Crippen LogP contribution in [0.3, 0.4) is 0 Å². The van der Waals surface area contributed by atoms with E-state index in [1.54, 1.807) is 0 Å². The van der Waals surface area contributed by atoms with Crippen molar-refractivity contribution in [1.29, 1.82) is 0 Å². The number of alkyl halides is 1. The second-order valence-corrected chi connectivity index (χ2v) is 4.32. The lowest BCUT2D eigenvalue weighted by molar-refractivity contribution is 0.199. The van der Waals surface area contributed by atoms with Gasteiger partial charge >= 0.3 is 0 Å². The molecule has 2 nitrogen and oxygen atoms in total. The molecule has 0 amide bonds. The SMILES string of the molecule is CC(C1CCCN1)N1CCC(F)C1. The zero-order valence-corrected chi connectivity index (χ0v) is 8.30. The Hall–Kier alpha value is -0.150. The van der Waals surface area contributed by atoms with E-state index in [0.29, 0.717) is 18.6 Å². The first-order valence-electron chi connectivity index (χ1n) is 5.39.